The standard InChI is InChI=1S/C10H6ClN5O/c11-7-3-1-2-5-4-6(9(12)17)10-13-14-15-16(10)8(5)7/h1-4H,(H2,12,17). The van der Waals surface area contributed by atoms with Crippen LogP contribution in [0, 0.1) is 0 Å². The first-order valence-corrected chi connectivity index (χ1v) is 5.15. The Balaban J connectivity index is 2.61. The lowest BCUT2D eigenvalue weighted by molar-refractivity contribution is 0.100. The molecular formula is C10H6ClN5O. The Kier molecular flexibility index (Phi) is 1.99. The zero-order valence-corrected chi connectivity index (χ0v) is 9.22. The van der Waals surface area contributed by atoms with Gasteiger partial charge in [0.25, 0.3) is 5.91 Å². The zero-order valence-electron chi connectivity index (χ0n) is 8.46. The van der Waals surface area contributed by atoms with Gasteiger partial charge in [-0.05, 0) is 22.6 Å². The van der Waals surface area contributed by atoms with E-state index in [1.165, 1.54) is 4.52 Å². The molecule has 0 aliphatic carbocycles. The Bertz CT molecular complexity index is 751. The highest BCUT2D eigenvalue weighted by atomic mass is 35.5. The van der Waals surface area contributed by atoms with Crippen molar-refractivity contribution in [2.45, 2.75) is 0 Å². The number of amides is 1. The smallest absolute Gasteiger partial charge is 0.252 e. The van der Waals surface area contributed by atoms with Crippen LogP contribution in [0.4, 0.5) is 0 Å². The Hall–Kier alpha value is -2.21. The molecule has 0 atom stereocenters. The van der Waals surface area contributed by atoms with E-state index in [9.17, 15) is 4.79 Å². The molecule has 2 N–H and O–H groups in total. The van der Waals surface area contributed by atoms with Gasteiger partial charge < -0.3 is 5.73 Å². The van der Waals surface area contributed by atoms with Crippen LogP contribution in [0.15, 0.2) is 24.3 Å². The van der Waals surface area contributed by atoms with Gasteiger partial charge in [0, 0.05) is 5.39 Å². The maximum Gasteiger partial charge on any atom is 0.252 e. The lowest BCUT2D eigenvalue weighted by atomic mass is 10.1. The molecule has 3 rings (SSSR count). The van der Waals surface area contributed by atoms with E-state index in [-0.39, 0.29) is 5.56 Å². The van der Waals surface area contributed by atoms with Gasteiger partial charge >= 0.3 is 0 Å². The van der Waals surface area contributed by atoms with E-state index in [0.29, 0.717) is 16.2 Å². The minimum atomic E-state index is -0.577. The van der Waals surface area contributed by atoms with Crippen molar-refractivity contribution in [2.75, 3.05) is 0 Å². The number of pyridine rings is 1. The maximum atomic E-state index is 11.3. The number of nitrogens with two attached hydrogens (primary N) is 1. The van der Waals surface area contributed by atoms with Crippen LogP contribution in [0.3, 0.4) is 0 Å². The van der Waals surface area contributed by atoms with Gasteiger partial charge in [0.1, 0.15) is 0 Å². The summed E-state index contributed by atoms with van der Waals surface area (Å²) >= 11 is 6.09. The lowest BCUT2D eigenvalue weighted by Gasteiger charge is -2.04. The number of benzene rings is 1. The van der Waals surface area contributed by atoms with Crippen molar-refractivity contribution >= 4 is 34.1 Å². The highest BCUT2D eigenvalue weighted by molar-refractivity contribution is 6.35. The second-order valence-electron chi connectivity index (χ2n) is 3.51. The van der Waals surface area contributed by atoms with Crippen molar-refractivity contribution < 1.29 is 4.79 Å². The number of carbonyl (C=O) groups excluding carboxylic acids is 1. The summed E-state index contributed by atoms with van der Waals surface area (Å²) < 4.78 is 1.41. The minimum absolute atomic E-state index is 0.268. The number of nitrogens with zero attached hydrogens (tertiary/aromatic N) is 4. The van der Waals surface area contributed by atoms with Crippen LogP contribution in [0.1, 0.15) is 10.4 Å². The predicted octanol–water partition coefficient (Wildman–Crippen LogP) is 1.03. The van der Waals surface area contributed by atoms with Gasteiger partial charge in [-0.3, -0.25) is 4.79 Å². The van der Waals surface area contributed by atoms with E-state index in [2.05, 4.69) is 15.5 Å². The van der Waals surface area contributed by atoms with Crippen molar-refractivity contribution in [1.29, 1.82) is 0 Å². The molecule has 84 valence electrons. The van der Waals surface area contributed by atoms with E-state index in [0.717, 1.165) is 5.39 Å². The fourth-order valence-corrected chi connectivity index (χ4v) is 2.04. The monoisotopic (exact) mass is 247 g/mol. The van der Waals surface area contributed by atoms with Crippen molar-refractivity contribution in [1.82, 2.24) is 20.0 Å². The molecule has 1 amide bonds. The fraction of sp³-hybridized carbons (Fsp3) is 0. The molecule has 2 heterocycles. The van der Waals surface area contributed by atoms with Gasteiger partial charge in [-0.25, -0.2) is 0 Å². The van der Waals surface area contributed by atoms with Crippen LogP contribution < -0.4 is 5.73 Å². The summed E-state index contributed by atoms with van der Waals surface area (Å²) in [5.74, 6) is -0.577. The number of hydrogen-bond donors (Lipinski definition) is 1. The number of aromatic nitrogens is 4. The molecule has 3 aromatic rings. The molecule has 2 aromatic heterocycles. The quantitative estimate of drug-likeness (QED) is 0.696. The summed E-state index contributed by atoms with van der Waals surface area (Å²) in [6, 6.07) is 6.96. The third kappa shape index (κ3) is 1.34. The molecular weight excluding hydrogens is 242 g/mol. The highest BCUT2D eigenvalue weighted by Crippen LogP contribution is 2.25. The van der Waals surface area contributed by atoms with Crippen LogP contribution in [0.25, 0.3) is 16.6 Å². The number of primary amides is 1. The average Bonchev–Trinajstić information content (AvgIpc) is 2.76. The number of tetrazole rings is 1. The fourth-order valence-electron chi connectivity index (χ4n) is 1.78. The summed E-state index contributed by atoms with van der Waals surface area (Å²) in [6.07, 6.45) is 0. The Morgan fingerprint density at radius 3 is 3.00 bits per heavy atom. The molecule has 0 saturated carbocycles. The van der Waals surface area contributed by atoms with Gasteiger partial charge in [-0.1, -0.05) is 23.7 Å². The second kappa shape index (κ2) is 3.39. The van der Waals surface area contributed by atoms with E-state index in [1.54, 1.807) is 18.2 Å². The van der Waals surface area contributed by atoms with Crippen molar-refractivity contribution in [2.24, 2.45) is 5.73 Å². The average molecular weight is 248 g/mol. The molecule has 0 aliphatic rings. The van der Waals surface area contributed by atoms with Crippen molar-refractivity contribution in [3.63, 3.8) is 0 Å². The molecule has 1 aromatic carbocycles. The number of carbonyl (C=O) groups is 1. The van der Waals surface area contributed by atoms with Crippen LogP contribution in [0.2, 0.25) is 5.02 Å². The second-order valence-corrected chi connectivity index (χ2v) is 3.92. The first-order valence-electron chi connectivity index (χ1n) is 4.77. The summed E-state index contributed by atoms with van der Waals surface area (Å²) in [5, 5.41) is 12.4. The van der Waals surface area contributed by atoms with E-state index >= 15 is 0 Å². The first kappa shape index (κ1) is 9.98. The number of halogens is 1. The number of para-hydroxylation sites is 1. The van der Waals surface area contributed by atoms with Crippen LogP contribution in [-0.2, 0) is 0 Å². The van der Waals surface area contributed by atoms with E-state index < -0.39 is 5.91 Å². The molecule has 0 bridgehead atoms. The minimum Gasteiger partial charge on any atom is -0.365 e. The van der Waals surface area contributed by atoms with E-state index in [4.69, 9.17) is 17.3 Å². The Morgan fingerprint density at radius 1 is 1.41 bits per heavy atom. The number of hydrogen-bond acceptors (Lipinski definition) is 4. The molecule has 7 heteroatoms. The van der Waals surface area contributed by atoms with Crippen LogP contribution in [-0.4, -0.2) is 25.9 Å². The summed E-state index contributed by atoms with van der Waals surface area (Å²) in [6.45, 7) is 0. The topological polar surface area (TPSA) is 86.2 Å². The first-order chi connectivity index (χ1) is 8.18. The van der Waals surface area contributed by atoms with Crippen LogP contribution >= 0.6 is 11.6 Å². The molecule has 0 unspecified atom stereocenters. The summed E-state index contributed by atoms with van der Waals surface area (Å²) in [5.41, 5.74) is 6.51. The third-order valence-corrected chi connectivity index (χ3v) is 2.81. The van der Waals surface area contributed by atoms with Gasteiger partial charge in [0.05, 0.1) is 16.1 Å². The van der Waals surface area contributed by atoms with E-state index in [1.807, 2.05) is 6.07 Å². The molecule has 6 nitrogen and oxygen atoms in total. The van der Waals surface area contributed by atoms with Crippen molar-refractivity contribution in [3.05, 3.63) is 34.9 Å². The molecule has 0 radical (unpaired) electrons. The van der Waals surface area contributed by atoms with Gasteiger partial charge in [-0.15, -0.1) is 5.10 Å². The Labute approximate surface area is 100.0 Å². The number of fused-ring (bicyclic) bond motifs is 3. The number of rotatable bonds is 1. The molecule has 17 heavy (non-hydrogen) atoms. The largest absolute Gasteiger partial charge is 0.365 e. The molecule has 0 spiro atoms. The normalized spacial score (nSPS) is 11.1. The molecule has 0 saturated heterocycles. The van der Waals surface area contributed by atoms with Gasteiger partial charge in [-0.2, -0.15) is 4.52 Å². The molecule has 0 aliphatic heterocycles. The molecule has 0 fully saturated rings. The Morgan fingerprint density at radius 2 is 2.24 bits per heavy atom. The predicted molar refractivity (Wildman–Crippen MR) is 61.8 cm³/mol. The highest BCUT2D eigenvalue weighted by Gasteiger charge is 2.14. The van der Waals surface area contributed by atoms with Gasteiger partial charge in [0.2, 0.25) is 0 Å². The lowest BCUT2D eigenvalue weighted by Crippen LogP contribution is -2.13. The maximum absolute atomic E-state index is 11.3. The van der Waals surface area contributed by atoms with Crippen molar-refractivity contribution in [3.8, 4) is 0 Å². The van der Waals surface area contributed by atoms with Crippen LogP contribution in [0.5, 0.6) is 0 Å². The summed E-state index contributed by atoms with van der Waals surface area (Å²) in [4.78, 5) is 11.3. The SMILES string of the molecule is NC(=O)c1cc2cccc(Cl)c2n2nnnc12. The zero-order chi connectivity index (χ0) is 12.0. The summed E-state index contributed by atoms with van der Waals surface area (Å²) in [7, 11) is 0. The van der Waals surface area contributed by atoms with Gasteiger partial charge in [0.15, 0.2) is 5.65 Å². The third-order valence-electron chi connectivity index (χ3n) is 2.51.